The molecule has 1 saturated carbocycles. The average Bonchev–Trinajstić information content (AvgIpc) is 2.36. The van der Waals surface area contributed by atoms with Crippen molar-refractivity contribution in [3.05, 3.63) is 35.6 Å². The van der Waals surface area contributed by atoms with Crippen LogP contribution in [0.15, 0.2) is 24.3 Å². The minimum Gasteiger partial charge on any atom is -0.311 e. The van der Waals surface area contributed by atoms with Crippen LogP contribution in [0.2, 0.25) is 0 Å². The Morgan fingerprint density at radius 3 is 2.53 bits per heavy atom. The first-order valence-electron chi connectivity index (χ1n) is 7.55. The van der Waals surface area contributed by atoms with E-state index >= 15 is 0 Å². The van der Waals surface area contributed by atoms with E-state index in [1.807, 2.05) is 12.1 Å². The van der Waals surface area contributed by atoms with Crippen molar-refractivity contribution in [3.63, 3.8) is 0 Å². The lowest BCUT2D eigenvalue weighted by atomic mass is 9.79. The second-order valence-electron chi connectivity index (χ2n) is 6.40. The smallest absolute Gasteiger partial charge is 0.123 e. The topological polar surface area (TPSA) is 12.0 Å². The van der Waals surface area contributed by atoms with Gasteiger partial charge in [0, 0.05) is 12.1 Å². The number of rotatable bonds is 4. The van der Waals surface area contributed by atoms with Crippen molar-refractivity contribution >= 4 is 0 Å². The molecule has 1 N–H and O–H groups in total. The Labute approximate surface area is 116 Å². The van der Waals surface area contributed by atoms with Gasteiger partial charge in [0.05, 0.1) is 0 Å². The van der Waals surface area contributed by atoms with Gasteiger partial charge in [0.25, 0.3) is 0 Å². The van der Waals surface area contributed by atoms with Crippen molar-refractivity contribution in [2.24, 2.45) is 11.8 Å². The molecule has 1 fully saturated rings. The van der Waals surface area contributed by atoms with E-state index in [0.717, 1.165) is 18.3 Å². The molecule has 4 atom stereocenters. The predicted octanol–water partition coefficient (Wildman–Crippen LogP) is 4.17. The molecule has 0 spiro atoms. The van der Waals surface area contributed by atoms with Crippen molar-refractivity contribution < 1.29 is 4.39 Å². The highest BCUT2D eigenvalue weighted by Crippen LogP contribution is 2.29. The highest BCUT2D eigenvalue weighted by molar-refractivity contribution is 5.17. The third-order valence-corrected chi connectivity index (χ3v) is 4.39. The molecule has 2 heteroatoms. The van der Waals surface area contributed by atoms with Crippen molar-refractivity contribution in [2.45, 2.75) is 58.5 Å². The first kappa shape index (κ1) is 14.5. The first-order valence-corrected chi connectivity index (χ1v) is 7.55. The van der Waals surface area contributed by atoms with Gasteiger partial charge in [0.15, 0.2) is 0 Å². The summed E-state index contributed by atoms with van der Waals surface area (Å²) in [4.78, 5) is 0. The summed E-state index contributed by atoms with van der Waals surface area (Å²) < 4.78 is 12.9. The van der Waals surface area contributed by atoms with Crippen LogP contribution < -0.4 is 5.32 Å². The Morgan fingerprint density at radius 2 is 1.89 bits per heavy atom. The molecule has 1 aliphatic rings. The van der Waals surface area contributed by atoms with Crippen molar-refractivity contribution in [2.75, 3.05) is 0 Å². The lowest BCUT2D eigenvalue weighted by Gasteiger charge is -2.35. The summed E-state index contributed by atoms with van der Waals surface area (Å²) in [5, 5.41) is 3.76. The minimum atomic E-state index is -0.153. The fraction of sp³-hybridized carbons (Fsp3) is 0.647. The van der Waals surface area contributed by atoms with Gasteiger partial charge < -0.3 is 5.32 Å². The molecule has 1 aromatic carbocycles. The molecule has 1 nitrogen and oxygen atoms in total. The van der Waals surface area contributed by atoms with E-state index in [1.165, 1.54) is 24.8 Å². The Hall–Kier alpha value is -0.890. The maximum atomic E-state index is 12.9. The lowest BCUT2D eigenvalue weighted by Crippen LogP contribution is -2.44. The Morgan fingerprint density at radius 1 is 1.21 bits per heavy atom. The van der Waals surface area contributed by atoms with Crippen LogP contribution in [0.5, 0.6) is 0 Å². The highest BCUT2D eigenvalue weighted by Gasteiger charge is 2.25. The number of hydrogen-bond donors (Lipinski definition) is 1. The molecule has 2 rings (SSSR count). The molecule has 0 aromatic heterocycles. The van der Waals surface area contributed by atoms with E-state index in [0.29, 0.717) is 12.1 Å². The Balaban J connectivity index is 1.83. The van der Waals surface area contributed by atoms with E-state index in [-0.39, 0.29) is 5.82 Å². The fourth-order valence-corrected chi connectivity index (χ4v) is 3.31. The molecule has 1 aliphatic carbocycles. The first-order chi connectivity index (χ1) is 9.04. The van der Waals surface area contributed by atoms with Gasteiger partial charge in [-0.3, -0.25) is 0 Å². The number of hydrogen-bond acceptors (Lipinski definition) is 1. The van der Waals surface area contributed by atoms with E-state index in [4.69, 9.17) is 0 Å². The summed E-state index contributed by atoms with van der Waals surface area (Å²) in [6.07, 6.45) is 4.93. The molecule has 0 aliphatic heterocycles. The number of nitrogens with one attached hydrogen (secondary N) is 1. The van der Waals surface area contributed by atoms with Gasteiger partial charge in [0.1, 0.15) is 5.82 Å². The second kappa shape index (κ2) is 6.51. The van der Waals surface area contributed by atoms with Crippen LogP contribution in [-0.4, -0.2) is 12.1 Å². The molecular formula is C17H26FN. The SMILES string of the molecule is CC1CCC(NC(C)Cc2ccc(F)cc2)C(C)C1. The van der Waals surface area contributed by atoms with Crippen molar-refractivity contribution in [3.8, 4) is 0 Å². The summed E-state index contributed by atoms with van der Waals surface area (Å²) in [5.41, 5.74) is 1.21. The van der Waals surface area contributed by atoms with Crippen LogP contribution in [0.1, 0.15) is 45.6 Å². The second-order valence-corrected chi connectivity index (χ2v) is 6.40. The van der Waals surface area contributed by atoms with E-state index in [9.17, 15) is 4.39 Å². The summed E-state index contributed by atoms with van der Waals surface area (Å²) >= 11 is 0. The zero-order valence-corrected chi connectivity index (χ0v) is 12.3. The van der Waals surface area contributed by atoms with Crippen LogP contribution in [-0.2, 0) is 6.42 Å². The monoisotopic (exact) mass is 263 g/mol. The zero-order valence-electron chi connectivity index (χ0n) is 12.3. The van der Waals surface area contributed by atoms with Gasteiger partial charge in [0.2, 0.25) is 0 Å². The van der Waals surface area contributed by atoms with Gasteiger partial charge in [-0.1, -0.05) is 26.0 Å². The van der Waals surface area contributed by atoms with Gasteiger partial charge in [-0.25, -0.2) is 4.39 Å². The van der Waals surface area contributed by atoms with Crippen LogP contribution in [0.25, 0.3) is 0 Å². The summed E-state index contributed by atoms with van der Waals surface area (Å²) in [7, 11) is 0. The van der Waals surface area contributed by atoms with Crippen LogP contribution in [0.4, 0.5) is 4.39 Å². The standard InChI is InChI=1S/C17H26FN/c1-12-4-9-17(13(2)10-12)19-14(3)11-15-5-7-16(18)8-6-15/h5-8,12-14,17,19H,4,9-11H2,1-3H3. The molecular weight excluding hydrogens is 237 g/mol. The summed E-state index contributed by atoms with van der Waals surface area (Å²) in [6, 6.07) is 7.97. The van der Waals surface area contributed by atoms with Crippen LogP contribution >= 0.6 is 0 Å². The molecule has 19 heavy (non-hydrogen) atoms. The average molecular weight is 263 g/mol. The van der Waals surface area contributed by atoms with Crippen LogP contribution in [0.3, 0.4) is 0 Å². The van der Waals surface area contributed by atoms with Crippen molar-refractivity contribution in [1.82, 2.24) is 5.32 Å². The van der Waals surface area contributed by atoms with E-state index < -0.39 is 0 Å². The minimum absolute atomic E-state index is 0.153. The molecule has 0 radical (unpaired) electrons. The highest BCUT2D eigenvalue weighted by atomic mass is 19.1. The summed E-state index contributed by atoms with van der Waals surface area (Å²) in [5.74, 6) is 1.49. The Kier molecular flexibility index (Phi) is 4.98. The molecule has 0 bridgehead atoms. The predicted molar refractivity (Wildman–Crippen MR) is 78.7 cm³/mol. The van der Waals surface area contributed by atoms with E-state index in [1.54, 1.807) is 12.1 Å². The third-order valence-electron chi connectivity index (χ3n) is 4.39. The van der Waals surface area contributed by atoms with Crippen molar-refractivity contribution in [1.29, 1.82) is 0 Å². The molecule has 4 unspecified atom stereocenters. The molecule has 0 heterocycles. The lowest BCUT2D eigenvalue weighted by molar-refractivity contribution is 0.215. The number of benzene rings is 1. The van der Waals surface area contributed by atoms with Crippen LogP contribution in [0, 0.1) is 17.7 Å². The molecule has 106 valence electrons. The zero-order chi connectivity index (χ0) is 13.8. The largest absolute Gasteiger partial charge is 0.311 e. The maximum Gasteiger partial charge on any atom is 0.123 e. The molecule has 1 aromatic rings. The quantitative estimate of drug-likeness (QED) is 0.859. The molecule has 0 saturated heterocycles. The summed E-state index contributed by atoms with van der Waals surface area (Å²) in [6.45, 7) is 6.95. The van der Waals surface area contributed by atoms with Gasteiger partial charge in [-0.15, -0.1) is 0 Å². The molecule has 0 amide bonds. The van der Waals surface area contributed by atoms with E-state index in [2.05, 4.69) is 26.1 Å². The fourth-order valence-electron chi connectivity index (χ4n) is 3.31. The Bertz CT molecular complexity index is 387. The third kappa shape index (κ3) is 4.31. The normalized spacial score (nSPS) is 29.2. The van der Waals surface area contributed by atoms with Gasteiger partial charge in [-0.05, 0) is 62.1 Å². The maximum absolute atomic E-state index is 12.9. The van der Waals surface area contributed by atoms with Gasteiger partial charge in [-0.2, -0.15) is 0 Å². The van der Waals surface area contributed by atoms with Gasteiger partial charge >= 0.3 is 0 Å². The number of halogens is 1.